The number of benzene rings is 2. The quantitative estimate of drug-likeness (QED) is 0.182. The fourth-order valence-electron chi connectivity index (χ4n) is 2.25. The van der Waals surface area contributed by atoms with E-state index in [1.807, 2.05) is 6.92 Å². The number of nitrogens with zero attached hydrogens (tertiary/aromatic N) is 2. The molecule has 0 saturated carbocycles. The monoisotopic (exact) mass is 384 g/mol. The minimum atomic E-state index is -0.756. The number of nitro benzene ring substituents is 1. The largest absolute Gasteiger partial charge is 0.506 e. The molecule has 146 valence electrons. The van der Waals surface area contributed by atoms with Crippen molar-refractivity contribution in [1.82, 2.24) is 0 Å². The molecule has 0 fully saturated rings. The molecule has 0 aliphatic carbocycles. The fourth-order valence-corrected chi connectivity index (χ4v) is 2.25. The Hall–Kier alpha value is -3.68. The van der Waals surface area contributed by atoms with Gasteiger partial charge in [-0.25, -0.2) is 4.79 Å². The Kier molecular flexibility index (Phi) is 7.27. The van der Waals surface area contributed by atoms with Crippen molar-refractivity contribution < 1.29 is 24.3 Å². The molecule has 2 aromatic rings. The van der Waals surface area contributed by atoms with Gasteiger partial charge in [-0.3, -0.25) is 15.1 Å². The van der Waals surface area contributed by atoms with Crippen LogP contribution < -0.4 is 4.74 Å². The van der Waals surface area contributed by atoms with Crippen LogP contribution in [-0.2, 0) is 9.53 Å². The van der Waals surface area contributed by atoms with Gasteiger partial charge >= 0.3 is 5.97 Å². The molecule has 0 aliphatic heterocycles. The van der Waals surface area contributed by atoms with Crippen molar-refractivity contribution in [2.24, 2.45) is 4.99 Å². The van der Waals surface area contributed by atoms with Gasteiger partial charge < -0.3 is 14.6 Å². The van der Waals surface area contributed by atoms with Crippen LogP contribution in [0.2, 0.25) is 0 Å². The van der Waals surface area contributed by atoms with Gasteiger partial charge in [0.2, 0.25) is 0 Å². The number of ether oxygens (including phenoxy) is 2. The van der Waals surface area contributed by atoms with Crippen molar-refractivity contribution in [2.45, 2.75) is 13.8 Å². The maximum absolute atomic E-state index is 12.2. The highest BCUT2D eigenvalue weighted by atomic mass is 16.6. The molecule has 8 heteroatoms. The third-order valence-electron chi connectivity index (χ3n) is 3.59. The van der Waals surface area contributed by atoms with Crippen LogP contribution >= 0.6 is 0 Å². The van der Waals surface area contributed by atoms with Gasteiger partial charge in [0, 0.05) is 23.9 Å². The minimum Gasteiger partial charge on any atom is -0.506 e. The lowest BCUT2D eigenvalue weighted by Gasteiger charge is -2.07. The van der Waals surface area contributed by atoms with Crippen LogP contribution in [0.5, 0.6) is 5.75 Å². The molecule has 0 atom stereocenters. The standard InChI is InChI=1S/C20H20N2O6/c1-3-27-17-11-7-15(8-12-17)21-13-18(20(24)28-4-2)19(23)14-5-9-16(10-6-14)22(25)26/h5-13,23H,3-4H2,1-2H3. The average Bonchev–Trinajstić information content (AvgIpc) is 2.69. The summed E-state index contributed by atoms with van der Waals surface area (Å²) in [6.45, 7) is 4.18. The van der Waals surface area contributed by atoms with Gasteiger partial charge in [-0.1, -0.05) is 0 Å². The molecular formula is C20H20N2O6. The van der Waals surface area contributed by atoms with E-state index in [0.717, 1.165) is 0 Å². The zero-order valence-electron chi connectivity index (χ0n) is 15.5. The Morgan fingerprint density at radius 2 is 1.75 bits per heavy atom. The van der Waals surface area contributed by atoms with Crippen LogP contribution in [0.15, 0.2) is 59.1 Å². The van der Waals surface area contributed by atoms with Crippen molar-refractivity contribution in [3.63, 3.8) is 0 Å². The number of rotatable bonds is 8. The summed E-state index contributed by atoms with van der Waals surface area (Å²) in [7, 11) is 0. The van der Waals surface area contributed by atoms with Crippen LogP contribution in [0.4, 0.5) is 11.4 Å². The molecule has 2 aromatic carbocycles. The second-order valence-corrected chi connectivity index (χ2v) is 5.47. The number of aliphatic imine (C=N–C) groups is 1. The van der Waals surface area contributed by atoms with Crippen molar-refractivity contribution in [3.8, 4) is 5.75 Å². The second-order valence-electron chi connectivity index (χ2n) is 5.47. The Bertz CT molecular complexity index is 886. The smallest absolute Gasteiger partial charge is 0.343 e. The topological polar surface area (TPSA) is 111 Å². The molecule has 8 nitrogen and oxygen atoms in total. The number of aliphatic hydroxyl groups is 1. The number of hydrogen-bond donors (Lipinski definition) is 1. The molecule has 0 spiro atoms. The summed E-state index contributed by atoms with van der Waals surface area (Å²) >= 11 is 0. The van der Waals surface area contributed by atoms with E-state index in [1.54, 1.807) is 31.2 Å². The molecule has 0 saturated heterocycles. The van der Waals surface area contributed by atoms with Gasteiger partial charge in [-0.15, -0.1) is 0 Å². The van der Waals surface area contributed by atoms with Crippen LogP contribution in [0.25, 0.3) is 5.76 Å². The molecular weight excluding hydrogens is 364 g/mol. The van der Waals surface area contributed by atoms with E-state index in [9.17, 15) is 20.0 Å². The van der Waals surface area contributed by atoms with Crippen molar-refractivity contribution in [2.75, 3.05) is 13.2 Å². The molecule has 0 aliphatic rings. The number of nitro groups is 1. The molecule has 0 unspecified atom stereocenters. The van der Waals surface area contributed by atoms with Gasteiger partial charge in [-0.2, -0.15) is 0 Å². The molecule has 1 N–H and O–H groups in total. The van der Waals surface area contributed by atoms with Gasteiger partial charge in [0.15, 0.2) is 0 Å². The highest BCUT2D eigenvalue weighted by Gasteiger charge is 2.17. The first kappa shape index (κ1) is 20.6. The van der Waals surface area contributed by atoms with Crippen molar-refractivity contribution in [3.05, 3.63) is 69.8 Å². The molecule has 0 bridgehead atoms. The van der Waals surface area contributed by atoms with Crippen LogP contribution in [0, 0.1) is 10.1 Å². The summed E-state index contributed by atoms with van der Waals surface area (Å²) in [6, 6.07) is 12.0. The number of carbonyl (C=O) groups excluding carboxylic acids is 1. The normalized spacial score (nSPS) is 11.8. The predicted molar refractivity (Wildman–Crippen MR) is 105 cm³/mol. The van der Waals surface area contributed by atoms with E-state index in [-0.39, 0.29) is 29.2 Å². The molecule has 28 heavy (non-hydrogen) atoms. The molecule has 0 heterocycles. The Balaban J connectivity index is 2.35. The number of carbonyl (C=O) groups is 1. The van der Waals surface area contributed by atoms with Gasteiger partial charge in [0.05, 0.1) is 23.8 Å². The number of non-ortho nitro benzene ring substituents is 1. The molecule has 0 aromatic heterocycles. The highest BCUT2D eigenvalue weighted by molar-refractivity contribution is 6.15. The van der Waals surface area contributed by atoms with E-state index in [0.29, 0.717) is 18.0 Å². The van der Waals surface area contributed by atoms with E-state index in [1.165, 1.54) is 30.5 Å². The molecule has 2 rings (SSSR count). The van der Waals surface area contributed by atoms with Crippen LogP contribution in [-0.4, -0.2) is 35.4 Å². The third-order valence-corrected chi connectivity index (χ3v) is 3.59. The summed E-state index contributed by atoms with van der Waals surface area (Å²) < 4.78 is 10.3. The average molecular weight is 384 g/mol. The van der Waals surface area contributed by atoms with E-state index < -0.39 is 10.9 Å². The zero-order valence-corrected chi connectivity index (χ0v) is 15.5. The van der Waals surface area contributed by atoms with E-state index in [4.69, 9.17) is 9.47 Å². The summed E-state index contributed by atoms with van der Waals surface area (Å²) in [6.07, 6.45) is 1.20. The lowest BCUT2D eigenvalue weighted by Crippen LogP contribution is -2.11. The maximum atomic E-state index is 12.2. The SMILES string of the molecule is CCOC(=O)C(C=Nc1ccc(OCC)cc1)=C(O)c1ccc([N+](=O)[O-])cc1. The maximum Gasteiger partial charge on any atom is 0.343 e. The predicted octanol–water partition coefficient (Wildman–Crippen LogP) is 4.23. The molecule has 0 radical (unpaired) electrons. The van der Waals surface area contributed by atoms with Gasteiger partial charge in [0.25, 0.3) is 5.69 Å². The lowest BCUT2D eigenvalue weighted by atomic mass is 10.1. The van der Waals surface area contributed by atoms with Gasteiger partial charge in [0.1, 0.15) is 17.1 Å². The van der Waals surface area contributed by atoms with Crippen molar-refractivity contribution >= 4 is 29.3 Å². The van der Waals surface area contributed by atoms with E-state index >= 15 is 0 Å². The summed E-state index contributed by atoms with van der Waals surface area (Å²) in [5, 5.41) is 21.3. The lowest BCUT2D eigenvalue weighted by molar-refractivity contribution is -0.384. The number of hydrogen-bond acceptors (Lipinski definition) is 7. The minimum absolute atomic E-state index is 0.118. The second kappa shape index (κ2) is 9.86. The number of esters is 1. The van der Waals surface area contributed by atoms with Gasteiger partial charge in [-0.05, 0) is 50.2 Å². The zero-order chi connectivity index (χ0) is 20.5. The first-order valence-corrected chi connectivity index (χ1v) is 8.58. The summed E-state index contributed by atoms with van der Waals surface area (Å²) in [5.41, 5.74) is 0.482. The van der Waals surface area contributed by atoms with Crippen LogP contribution in [0.1, 0.15) is 19.4 Å². The van der Waals surface area contributed by atoms with E-state index in [2.05, 4.69) is 4.99 Å². The Labute approximate surface area is 161 Å². The molecule has 0 amide bonds. The Morgan fingerprint density at radius 3 is 2.29 bits per heavy atom. The fraction of sp³-hybridized carbons (Fsp3) is 0.200. The summed E-state index contributed by atoms with van der Waals surface area (Å²) in [4.78, 5) is 26.6. The van der Waals surface area contributed by atoms with Crippen molar-refractivity contribution in [1.29, 1.82) is 0 Å². The first-order valence-electron chi connectivity index (χ1n) is 8.58. The van der Waals surface area contributed by atoms with Crippen LogP contribution in [0.3, 0.4) is 0 Å². The first-order chi connectivity index (χ1) is 13.5. The highest BCUT2D eigenvalue weighted by Crippen LogP contribution is 2.22. The number of aliphatic hydroxyl groups excluding tert-OH is 1. The summed E-state index contributed by atoms with van der Waals surface area (Å²) in [5.74, 6) is -0.451. The Morgan fingerprint density at radius 1 is 1.11 bits per heavy atom. The third kappa shape index (κ3) is 5.41.